The number of oxime groups is 1. The fraction of sp³-hybridized carbons (Fsp3) is 0.182. The van der Waals surface area contributed by atoms with Crippen LogP contribution in [0.3, 0.4) is 0 Å². The van der Waals surface area contributed by atoms with Crippen molar-refractivity contribution < 1.29 is 5.21 Å². The van der Waals surface area contributed by atoms with Crippen molar-refractivity contribution >= 4 is 17.4 Å². The smallest absolute Gasteiger partial charge is 0.189 e. The molecule has 2 heterocycles. The van der Waals surface area contributed by atoms with E-state index in [9.17, 15) is 0 Å². The quantitative estimate of drug-likeness (QED) is 0.380. The van der Waals surface area contributed by atoms with E-state index < -0.39 is 0 Å². The van der Waals surface area contributed by atoms with Crippen LogP contribution in [0.1, 0.15) is 17.0 Å². The number of nitrogens with two attached hydrogens (primary N) is 1. The lowest BCUT2D eigenvalue weighted by Gasteiger charge is -2.06. The molecule has 0 fully saturated rings. The Bertz CT molecular complexity index is 573. The van der Waals surface area contributed by atoms with E-state index in [1.807, 2.05) is 13.0 Å². The third-order valence-electron chi connectivity index (χ3n) is 2.46. The summed E-state index contributed by atoms with van der Waals surface area (Å²) in [7, 11) is 0. The van der Waals surface area contributed by atoms with Crippen LogP contribution in [0.2, 0.25) is 5.02 Å². The number of aromatic nitrogens is 3. The van der Waals surface area contributed by atoms with Crippen LogP contribution in [0.4, 0.5) is 0 Å². The zero-order chi connectivity index (χ0) is 13.1. The minimum Gasteiger partial charge on any atom is -0.409 e. The zero-order valence-corrected chi connectivity index (χ0v) is 10.5. The van der Waals surface area contributed by atoms with E-state index in [1.54, 1.807) is 23.1 Å². The summed E-state index contributed by atoms with van der Waals surface area (Å²) in [5.74, 6) is -0.0272. The van der Waals surface area contributed by atoms with Crippen molar-refractivity contribution in [2.24, 2.45) is 10.9 Å². The third kappa shape index (κ3) is 2.43. The highest BCUT2D eigenvalue weighted by Gasteiger charge is 2.10. The molecule has 2 aromatic rings. The molecule has 0 radical (unpaired) electrons. The first kappa shape index (κ1) is 12.4. The van der Waals surface area contributed by atoms with Crippen molar-refractivity contribution in [3.8, 4) is 0 Å². The molecule has 7 heteroatoms. The molecule has 6 nitrogen and oxygen atoms in total. The van der Waals surface area contributed by atoms with Gasteiger partial charge in [-0.2, -0.15) is 5.10 Å². The maximum Gasteiger partial charge on any atom is 0.189 e. The summed E-state index contributed by atoms with van der Waals surface area (Å²) in [4.78, 5) is 4.08. The Kier molecular flexibility index (Phi) is 3.47. The van der Waals surface area contributed by atoms with Gasteiger partial charge in [0.05, 0.1) is 17.3 Å². The highest BCUT2D eigenvalue weighted by atomic mass is 35.5. The predicted octanol–water partition coefficient (Wildman–Crippen LogP) is 1.38. The van der Waals surface area contributed by atoms with Crippen molar-refractivity contribution in [3.63, 3.8) is 0 Å². The van der Waals surface area contributed by atoms with Gasteiger partial charge >= 0.3 is 0 Å². The van der Waals surface area contributed by atoms with Gasteiger partial charge in [0, 0.05) is 18.0 Å². The monoisotopic (exact) mass is 265 g/mol. The summed E-state index contributed by atoms with van der Waals surface area (Å²) >= 11 is 5.94. The van der Waals surface area contributed by atoms with Crippen molar-refractivity contribution in [2.45, 2.75) is 13.5 Å². The van der Waals surface area contributed by atoms with E-state index in [2.05, 4.69) is 15.2 Å². The van der Waals surface area contributed by atoms with Gasteiger partial charge < -0.3 is 10.9 Å². The fourth-order valence-corrected chi connectivity index (χ4v) is 1.74. The summed E-state index contributed by atoms with van der Waals surface area (Å²) in [6.07, 6.45) is 3.30. The molecule has 0 aliphatic heterocycles. The van der Waals surface area contributed by atoms with Gasteiger partial charge in [-0.25, -0.2) is 0 Å². The number of nitrogens with zero attached hydrogens (tertiary/aromatic N) is 4. The molecule has 0 aliphatic rings. The lowest BCUT2D eigenvalue weighted by Crippen LogP contribution is -2.18. The van der Waals surface area contributed by atoms with E-state index in [1.165, 1.54) is 0 Å². The van der Waals surface area contributed by atoms with Crippen LogP contribution in [0.25, 0.3) is 0 Å². The van der Waals surface area contributed by atoms with Crippen molar-refractivity contribution in [3.05, 3.63) is 46.5 Å². The highest BCUT2D eigenvalue weighted by Crippen LogP contribution is 2.14. The molecule has 2 rings (SSSR count). The van der Waals surface area contributed by atoms with Gasteiger partial charge in [0.15, 0.2) is 5.84 Å². The molecule has 0 atom stereocenters. The molecular weight excluding hydrogens is 254 g/mol. The maximum atomic E-state index is 8.71. The number of rotatable bonds is 3. The molecule has 0 aromatic carbocycles. The number of aryl methyl sites for hydroxylation is 1. The van der Waals surface area contributed by atoms with Gasteiger partial charge in [-0.15, -0.1) is 0 Å². The molecule has 0 aliphatic carbocycles. The number of pyridine rings is 1. The standard InChI is InChI=1S/C11H12ClN5O/c1-7-9(12)6-17(15-7)5-8-3-2-4-14-10(8)11(13)16-18/h2-4,6,18H,5H2,1H3,(H2,13,16). The molecule has 0 saturated carbocycles. The fourth-order valence-electron chi connectivity index (χ4n) is 1.59. The molecule has 3 N–H and O–H groups in total. The Balaban J connectivity index is 2.34. The molecule has 0 bridgehead atoms. The average molecular weight is 266 g/mol. The summed E-state index contributed by atoms with van der Waals surface area (Å²) in [6, 6.07) is 3.62. The van der Waals surface area contributed by atoms with Gasteiger partial charge in [-0.3, -0.25) is 9.67 Å². The second-order valence-electron chi connectivity index (χ2n) is 3.76. The number of halogens is 1. The molecular formula is C11H12ClN5O. The largest absolute Gasteiger partial charge is 0.409 e. The van der Waals surface area contributed by atoms with Crippen LogP contribution in [0.5, 0.6) is 0 Å². The van der Waals surface area contributed by atoms with Crippen LogP contribution in [-0.2, 0) is 6.54 Å². The predicted molar refractivity (Wildman–Crippen MR) is 67.8 cm³/mol. The summed E-state index contributed by atoms with van der Waals surface area (Å²) < 4.78 is 1.68. The molecule has 2 aromatic heterocycles. The van der Waals surface area contributed by atoms with Gasteiger partial charge in [0.2, 0.25) is 0 Å². The summed E-state index contributed by atoms with van der Waals surface area (Å²) in [5, 5.41) is 16.5. The van der Waals surface area contributed by atoms with Crippen LogP contribution in [-0.4, -0.2) is 25.8 Å². The third-order valence-corrected chi connectivity index (χ3v) is 2.83. The number of amidine groups is 1. The lowest BCUT2D eigenvalue weighted by atomic mass is 10.2. The molecule has 18 heavy (non-hydrogen) atoms. The molecule has 0 saturated heterocycles. The summed E-state index contributed by atoms with van der Waals surface area (Å²) in [6.45, 7) is 2.28. The Labute approximate surface area is 109 Å². The number of hydrogen-bond acceptors (Lipinski definition) is 4. The summed E-state index contributed by atoms with van der Waals surface area (Å²) in [5.41, 5.74) is 7.55. The first-order valence-corrected chi connectivity index (χ1v) is 5.61. The van der Waals surface area contributed by atoms with Gasteiger partial charge in [-0.1, -0.05) is 22.8 Å². The Morgan fingerprint density at radius 3 is 3.00 bits per heavy atom. The first-order chi connectivity index (χ1) is 8.61. The van der Waals surface area contributed by atoms with Crippen LogP contribution in [0, 0.1) is 6.92 Å². The molecule has 0 unspecified atom stereocenters. The topological polar surface area (TPSA) is 89.3 Å². The van der Waals surface area contributed by atoms with E-state index in [-0.39, 0.29) is 5.84 Å². The maximum absolute atomic E-state index is 8.71. The Morgan fingerprint density at radius 2 is 2.39 bits per heavy atom. The first-order valence-electron chi connectivity index (χ1n) is 5.23. The van der Waals surface area contributed by atoms with E-state index >= 15 is 0 Å². The highest BCUT2D eigenvalue weighted by molar-refractivity contribution is 6.31. The van der Waals surface area contributed by atoms with E-state index in [0.717, 1.165) is 11.3 Å². The van der Waals surface area contributed by atoms with Crippen molar-refractivity contribution in [1.82, 2.24) is 14.8 Å². The van der Waals surface area contributed by atoms with Crippen molar-refractivity contribution in [1.29, 1.82) is 0 Å². The second-order valence-corrected chi connectivity index (χ2v) is 4.16. The molecule has 94 valence electrons. The number of hydrogen-bond donors (Lipinski definition) is 2. The van der Waals surface area contributed by atoms with Gasteiger partial charge in [0.25, 0.3) is 0 Å². The second kappa shape index (κ2) is 5.05. The van der Waals surface area contributed by atoms with Crippen molar-refractivity contribution in [2.75, 3.05) is 0 Å². The average Bonchev–Trinajstić information content (AvgIpc) is 2.68. The van der Waals surface area contributed by atoms with Gasteiger partial charge in [-0.05, 0) is 13.0 Å². The molecule has 0 amide bonds. The van der Waals surface area contributed by atoms with E-state index in [4.69, 9.17) is 22.5 Å². The zero-order valence-electron chi connectivity index (χ0n) is 9.71. The van der Waals surface area contributed by atoms with E-state index in [0.29, 0.717) is 17.3 Å². The molecule has 0 spiro atoms. The normalized spacial score (nSPS) is 11.8. The van der Waals surface area contributed by atoms with Crippen LogP contribution >= 0.6 is 11.6 Å². The Morgan fingerprint density at radius 1 is 1.61 bits per heavy atom. The van der Waals surface area contributed by atoms with Crippen LogP contribution in [0.15, 0.2) is 29.7 Å². The Hall–Kier alpha value is -2.08. The van der Waals surface area contributed by atoms with Gasteiger partial charge in [0.1, 0.15) is 5.69 Å². The lowest BCUT2D eigenvalue weighted by molar-refractivity contribution is 0.318. The van der Waals surface area contributed by atoms with Crippen LogP contribution < -0.4 is 5.73 Å². The minimum atomic E-state index is -0.0272. The minimum absolute atomic E-state index is 0.0272. The SMILES string of the molecule is Cc1nn(Cc2cccnc2C(N)=NO)cc1Cl.